The third kappa shape index (κ3) is 3.82. The maximum atomic E-state index is 13.3. The van der Waals surface area contributed by atoms with Crippen LogP contribution < -0.4 is 0 Å². The lowest BCUT2D eigenvalue weighted by molar-refractivity contribution is -0.127. The minimum Gasteiger partial charge on any atom is -0.335 e. The second kappa shape index (κ2) is 7.59. The summed E-state index contributed by atoms with van der Waals surface area (Å²) in [5.74, 6) is -0.536. The Morgan fingerprint density at radius 3 is 2.83 bits per heavy atom. The molecule has 1 aromatic carbocycles. The van der Waals surface area contributed by atoms with E-state index < -0.39 is 5.82 Å². The molecule has 1 aromatic rings. The van der Waals surface area contributed by atoms with Gasteiger partial charge in [0.15, 0.2) is 0 Å². The molecule has 2 aliphatic heterocycles. The summed E-state index contributed by atoms with van der Waals surface area (Å²) < 4.78 is 13.3. The topological polar surface area (TPSA) is 47.3 Å². The third-order valence-electron chi connectivity index (χ3n) is 4.86. The van der Waals surface area contributed by atoms with Crippen LogP contribution in [0.3, 0.4) is 0 Å². The lowest BCUT2D eigenvalue weighted by atomic mass is 10.1. The fourth-order valence-corrected chi connectivity index (χ4v) is 3.57. The number of carbonyl (C=O) groups is 1. The van der Waals surface area contributed by atoms with E-state index in [-0.39, 0.29) is 11.5 Å². The monoisotopic (exact) mass is 327 g/mol. The summed E-state index contributed by atoms with van der Waals surface area (Å²) in [6, 6.07) is 6.41. The number of halogens is 1. The summed E-state index contributed by atoms with van der Waals surface area (Å²) in [6.45, 7) is 4.05. The van der Waals surface area contributed by atoms with Gasteiger partial charge in [0, 0.05) is 25.2 Å². The first-order valence-electron chi connectivity index (χ1n) is 8.58. The molecular weight excluding hydrogens is 305 g/mol. The zero-order chi connectivity index (χ0) is 16.9. The van der Waals surface area contributed by atoms with Crippen LogP contribution in [-0.2, 0) is 4.79 Å². The fraction of sp³-hybridized carbons (Fsp3) is 0.474. The predicted molar refractivity (Wildman–Crippen MR) is 90.6 cm³/mol. The molecule has 2 fully saturated rings. The van der Waals surface area contributed by atoms with E-state index in [1.807, 2.05) is 11.0 Å². The SMILES string of the molecule is N#Cc1cc(/C=C/C(=O)N2CCCC2CN2CCCC2)ccc1F. The summed E-state index contributed by atoms with van der Waals surface area (Å²) >= 11 is 0. The van der Waals surface area contributed by atoms with E-state index in [1.165, 1.54) is 31.1 Å². The normalized spacial score (nSPS) is 21.5. The van der Waals surface area contributed by atoms with Crippen LogP contribution in [0.25, 0.3) is 6.08 Å². The van der Waals surface area contributed by atoms with Gasteiger partial charge in [-0.15, -0.1) is 0 Å². The van der Waals surface area contributed by atoms with Gasteiger partial charge in [-0.1, -0.05) is 6.07 Å². The van der Waals surface area contributed by atoms with Crippen molar-refractivity contribution in [2.24, 2.45) is 0 Å². The number of rotatable bonds is 4. The van der Waals surface area contributed by atoms with Crippen LogP contribution >= 0.6 is 0 Å². The van der Waals surface area contributed by atoms with Crippen LogP contribution in [-0.4, -0.2) is 47.9 Å². The molecule has 2 heterocycles. The molecule has 0 spiro atoms. The molecule has 5 heteroatoms. The second-order valence-electron chi connectivity index (χ2n) is 6.52. The second-order valence-corrected chi connectivity index (χ2v) is 6.52. The molecule has 24 heavy (non-hydrogen) atoms. The zero-order valence-electron chi connectivity index (χ0n) is 13.7. The average Bonchev–Trinajstić information content (AvgIpc) is 3.26. The number of hydrogen-bond donors (Lipinski definition) is 0. The van der Waals surface area contributed by atoms with Crippen molar-refractivity contribution >= 4 is 12.0 Å². The van der Waals surface area contributed by atoms with Gasteiger partial charge in [-0.2, -0.15) is 5.26 Å². The first-order chi connectivity index (χ1) is 11.7. The van der Waals surface area contributed by atoms with Crippen molar-refractivity contribution in [3.8, 4) is 6.07 Å². The van der Waals surface area contributed by atoms with Crippen molar-refractivity contribution in [1.29, 1.82) is 5.26 Å². The van der Waals surface area contributed by atoms with E-state index in [2.05, 4.69) is 4.90 Å². The Kier molecular flexibility index (Phi) is 5.27. The average molecular weight is 327 g/mol. The molecule has 126 valence electrons. The molecular formula is C19H22FN3O. The zero-order valence-corrected chi connectivity index (χ0v) is 13.7. The van der Waals surface area contributed by atoms with Crippen molar-refractivity contribution < 1.29 is 9.18 Å². The molecule has 2 aliphatic rings. The smallest absolute Gasteiger partial charge is 0.246 e. The van der Waals surface area contributed by atoms with Gasteiger partial charge in [0.2, 0.25) is 5.91 Å². The van der Waals surface area contributed by atoms with E-state index in [1.54, 1.807) is 12.1 Å². The first kappa shape index (κ1) is 16.7. The molecule has 1 unspecified atom stereocenters. The van der Waals surface area contributed by atoms with Crippen molar-refractivity contribution in [2.75, 3.05) is 26.2 Å². The molecule has 0 bridgehead atoms. The van der Waals surface area contributed by atoms with Crippen LogP contribution in [0.1, 0.15) is 36.8 Å². The molecule has 0 N–H and O–H groups in total. The number of benzene rings is 1. The van der Waals surface area contributed by atoms with Crippen LogP contribution in [0.2, 0.25) is 0 Å². The van der Waals surface area contributed by atoms with E-state index in [0.717, 1.165) is 39.0 Å². The molecule has 0 radical (unpaired) electrons. The number of nitriles is 1. The summed E-state index contributed by atoms with van der Waals surface area (Å²) in [7, 11) is 0. The number of likely N-dealkylation sites (tertiary alicyclic amines) is 2. The molecule has 1 amide bonds. The first-order valence-corrected chi connectivity index (χ1v) is 8.58. The van der Waals surface area contributed by atoms with E-state index in [0.29, 0.717) is 11.6 Å². The maximum absolute atomic E-state index is 13.3. The van der Waals surface area contributed by atoms with Crippen molar-refractivity contribution in [1.82, 2.24) is 9.80 Å². The lowest BCUT2D eigenvalue weighted by Gasteiger charge is -2.27. The van der Waals surface area contributed by atoms with Gasteiger partial charge >= 0.3 is 0 Å². The Morgan fingerprint density at radius 2 is 2.08 bits per heavy atom. The van der Waals surface area contributed by atoms with Crippen LogP contribution in [0.15, 0.2) is 24.3 Å². The highest BCUT2D eigenvalue weighted by Gasteiger charge is 2.29. The quantitative estimate of drug-likeness (QED) is 0.799. The summed E-state index contributed by atoms with van der Waals surface area (Å²) in [5, 5.41) is 8.87. The Morgan fingerprint density at radius 1 is 1.29 bits per heavy atom. The Balaban J connectivity index is 1.63. The summed E-state index contributed by atoms with van der Waals surface area (Å²) in [5.41, 5.74) is 0.661. The number of carbonyl (C=O) groups excluding carboxylic acids is 1. The van der Waals surface area contributed by atoms with Gasteiger partial charge in [-0.3, -0.25) is 4.79 Å². The van der Waals surface area contributed by atoms with Crippen molar-refractivity contribution in [3.05, 3.63) is 41.2 Å². The van der Waals surface area contributed by atoms with Crippen LogP contribution in [0.4, 0.5) is 4.39 Å². The molecule has 0 aromatic heterocycles. The van der Waals surface area contributed by atoms with Crippen LogP contribution in [0, 0.1) is 17.1 Å². The molecule has 1 atom stereocenters. The number of amides is 1. The molecule has 4 nitrogen and oxygen atoms in total. The number of nitrogens with zero attached hydrogens (tertiary/aromatic N) is 3. The van der Waals surface area contributed by atoms with Gasteiger partial charge in [-0.05, 0) is 62.5 Å². The van der Waals surface area contributed by atoms with Gasteiger partial charge in [-0.25, -0.2) is 4.39 Å². The summed E-state index contributed by atoms with van der Waals surface area (Å²) in [6.07, 6.45) is 7.82. The van der Waals surface area contributed by atoms with Gasteiger partial charge in [0.25, 0.3) is 0 Å². The van der Waals surface area contributed by atoms with Crippen LogP contribution in [0.5, 0.6) is 0 Å². The highest BCUT2D eigenvalue weighted by Crippen LogP contribution is 2.21. The molecule has 3 rings (SSSR count). The highest BCUT2D eigenvalue weighted by atomic mass is 19.1. The van der Waals surface area contributed by atoms with Gasteiger partial charge in [0.1, 0.15) is 11.9 Å². The Bertz CT molecular complexity index is 674. The standard InChI is InChI=1S/C19H22FN3O/c20-18-7-5-15(12-16(18)13-21)6-8-19(24)23-11-3-4-17(23)14-22-9-1-2-10-22/h5-8,12,17H,1-4,9-11,14H2/b8-6+. The Hall–Kier alpha value is -2.19. The minimum atomic E-state index is -0.536. The molecule has 0 saturated carbocycles. The highest BCUT2D eigenvalue weighted by molar-refractivity contribution is 5.92. The third-order valence-corrected chi connectivity index (χ3v) is 4.86. The van der Waals surface area contributed by atoms with Crippen molar-refractivity contribution in [2.45, 2.75) is 31.7 Å². The van der Waals surface area contributed by atoms with Gasteiger partial charge < -0.3 is 9.80 Å². The molecule has 2 saturated heterocycles. The Labute approximate surface area is 142 Å². The lowest BCUT2D eigenvalue weighted by Crippen LogP contribution is -2.41. The van der Waals surface area contributed by atoms with Crippen molar-refractivity contribution in [3.63, 3.8) is 0 Å². The minimum absolute atomic E-state index is 0.000436. The summed E-state index contributed by atoms with van der Waals surface area (Å²) in [4.78, 5) is 16.9. The number of hydrogen-bond acceptors (Lipinski definition) is 3. The van der Waals surface area contributed by atoms with E-state index in [9.17, 15) is 9.18 Å². The largest absolute Gasteiger partial charge is 0.335 e. The van der Waals surface area contributed by atoms with E-state index >= 15 is 0 Å². The fourth-order valence-electron chi connectivity index (χ4n) is 3.57. The maximum Gasteiger partial charge on any atom is 0.246 e. The predicted octanol–water partition coefficient (Wildman–Crippen LogP) is 2.80. The van der Waals surface area contributed by atoms with Gasteiger partial charge in [0.05, 0.1) is 5.56 Å². The van der Waals surface area contributed by atoms with E-state index in [4.69, 9.17) is 5.26 Å². The molecule has 0 aliphatic carbocycles.